The van der Waals surface area contributed by atoms with Gasteiger partial charge in [-0.3, -0.25) is 0 Å². The Kier molecular flexibility index (Phi) is 7.44. The maximum atomic E-state index is 13.1. The largest absolute Gasteiger partial charge is 0.494 e. The highest BCUT2D eigenvalue weighted by Crippen LogP contribution is 2.33. The molecule has 2 aromatic carbocycles. The van der Waals surface area contributed by atoms with Crippen molar-refractivity contribution in [2.45, 2.75) is 36.3 Å². The number of nitrogens with zero attached hydrogens (tertiary/aromatic N) is 2. The highest BCUT2D eigenvalue weighted by molar-refractivity contribution is 9.10. The third-order valence-corrected chi connectivity index (χ3v) is 9.70. The van der Waals surface area contributed by atoms with Crippen molar-refractivity contribution in [2.75, 3.05) is 24.6 Å². The lowest BCUT2D eigenvalue weighted by Gasteiger charge is -2.31. The molecule has 2 heterocycles. The van der Waals surface area contributed by atoms with E-state index in [1.54, 1.807) is 29.5 Å². The molecule has 1 aliphatic heterocycles. The number of anilines is 1. The molecule has 3 aromatic rings. The zero-order valence-electron chi connectivity index (χ0n) is 17.6. The highest BCUT2D eigenvalue weighted by Gasteiger charge is 2.33. The lowest BCUT2D eigenvalue weighted by molar-refractivity contribution is 0.340. The molecular formula is C23H24BrClN2O3S2. The van der Waals surface area contributed by atoms with Crippen LogP contribution in [0.4, 0.5) is 5.13 Å². The average molecular weight is 556 g/mol. The average Bonchev–Trinajstić information content (AvgIpc) is 3.24. The van der Waals surface area contributed by atoms with Gasteiger partial charge in [-0.25, -0.2) is 13.4 Å². The molecule has 32 heavy (non-hydrogen) atoms. The summed E-state index contributed by atoms with van der Waals surface area (Å²) in [5, 5.41) is 2.86. The zero-order valence-corrected chi connectivity index (χ0v) is 21.6. The molecule has 4 rings (SSSR count). The summed E-state index contributed by atoms with van der Waals surface area (Å²) in [5.41, 5.74) is 2.20. The summed E-state index contributed by atoms with van der Waals surface area (Å²) in [6, 6.07) is 13.0. The number of aromatic nitrogens is 1. The minimum absolute atomic E-state index is 0.215. The molecule has 0 saturated carbocycles. The van der Waals surface area contributed by atoms with E-state index in [-0.39, 0.29) is 9.92 Å². The number of thiazole rings is 1. The van der Waals surface area contributed by atoms with Crippen LogP contribution >= 0.6 is 38.9 Å². The maximum absolute atomic E-state index is 13.1. The Bertz CT molecular complexity index is 1170. The topological polar surface area (TPSA) is 59.5 Å². The second-order valence-electron chi connectivity index (χ2n) is 7.68. The Morgan fingerprint density at radius 3 is 2.56 bits per heavy atom. The number of rotatable bonds is 7. The van der Waals surface area contributed by atoms with Gasteiger partial charge in [-0.2, -0.15) is 0 Å². The van der Waals surface area contributed by atoms with Crippen molar-refractivity contribution in [3.63, 3.8) is 0 Å². The van der Waals surface area contributed by atoms with Gasteiger partial charge in [-0.1, -0.05) is 39.7 Å². The number of ether oxygens (including phenoxy) is 1. The van der Waals surface area contributed by atoms with Gasteiger partial charge >= 0.3 is 0 Å². The number of hydrogen-bond acceptors (Lipinski definition) is 6. The summed E-state index contributed by atoms with van der Waals surface area (Å²) < 4.78 is 32.4. The second kappa shape index (κ2) is 10.1. The third kappa shape index (κ3) is 5.30. The molecule has 1 aromatic heterocycles. The number of hydrogen-bond donors (Lipinski definition) is 0. The Labute approximate surface area is 206 Å². The Morgan fingerprint density at radius 1 is 1.19 bits per heavy atom. The maximum Gasteiger partial charge on any atom is 0.185 e. The van der Waals surface area contributed by atoms with Crippen molar-refractivity contribution in [1.82, 2.24) is 4.98 Å². The molecule has 1 saturated heterocycles. The van der Waals surface area contributed by atoms with Crippen LogP contribution in [0.5, 0.6) is 5.75 Å². The Balaban J connectivity index is 1.38. The van der Waals surface area contributed by atoms with Crippen molar-refractivity contribution in [1.29, 1.82) is 0 Å². The van der Waals surface area contributed by atoms with E-state index in [9.17, 15) is 8.42 Å². The minimum atomic E-state index is -3.47. The van der Waals surface area contributed by atoms with Gasteiger partial charge in [-0.15, -0.1) is 11.3 Å². The second-order valence-corrected chi connectivity index (χ2v) is 12.0. The minimum Gasteiger partial charge on any atom is -0.494 e. The Hall–Kier alpha value is -1.61. The van der Waals surface area contributed by atoms with Gasteiger partial charge < -0.3 is 9.64 Å². The van der Waals surface area contributed by atoms with E-state index < -0.39 is 15.1 Å². The molecule has 0 bridgehead atoms. The van der Waals surface area contributed by atoms with Gasteiger partial charge in [0, 0.05) is 29.4 Å². The highest BCUT2D eigenvalue weighted by atomic mass is 79.9. The molecule has 9 heteroatoms. The van der Waals surface area contributed by atoms with Crippen molar-refractivity contribution >= 4 is 53.8 Å². The SMILES string of the molecule is CCOc1ccc(Cc2csc(N3CCC(S(=O)(=O)c4ccc(Br)cc4Cl)CC3)n2)cc1. The van der Waals surface area contributed by atoms with E-state index in [4.69, 9.17) is 21.3 Å². The molecule has 0 atom stereocenters. The van der Waals surface area contributed by atoms with Crippen LogP contribution in [-0.4, -0.2) is 38.3 Å². The summed E-state index contributed by atoms with van der Waals surface area (Å²) in [6.45, 7) is 3.95. The number of sulfone groups is 1. The van der Waals surface area contributed by atoms with Crippen molar-refractivity contribution in [2.24, 2.45) is 0 Å². The number of halogens is 2. The van der Waals surface area contributed by atoms with Gasteiger partial charge in [0.25, 0.3) is 0 Å². The smallest absolute Gasteiger partial charge is 0.185 e. The van der Waals surface area contributed by atoms with Crippen LogP contribution < -0.4 is 9.64 Å². The molecule has 0 N–H and O–H groups in total. The first-order valence-corrected chi connectivity index (χ1v) is 14.1. The van der Waals surface area contributed by atoms with Crippen LogP contribution in [-0.2, 0) is 16.3 Å². The van der Waals surface area contributed by atoms with Gasteiger partial charge in [-0.05, 0) is 55.7 Å². The normalized spacial score (nSPS) is 15.2. The molecule has 0 amide bonds. The summed E-state index contributed by atoms with van der Waals surface area (Å²) in [7, 11) is -3.47. The Morgan fingerprint density at radius 2 is 1.91 bits per heavy atom. The fourth-order valence-corrected chi connectivity index (χ4v) is 7.50. The monoisotopic (exact) mass is 554 g/mol. The summed E-state index contributed by atoms with van der Waals surface area (Å²) in [6.07, 6.45) is 1.88. The predicted molar refractivity (Wildman–Crippen MR) is 134 cm³/mol. The van der Waals surface area contributed by atoms with E-state index >= 15 is 0 Å². The van der Waals surface area contributed by atoms with Crippen LogP contribution in [0.2, 0.25) is 5.02 Å². The molecular weight excluding hydrogens is 532 g/mol. The number of benzene rings is 2. The molecule has 1 fully saturated rings. The fraction of sp³-hybridized carbons (Fsp3) is 0.348. The molecule has 5 nitrogen and oxygen atoms in total. The van der Waals surface area contributed by atoms with Crippen LogP contribution in [0.25, 0.3) is 0 Å². The summed E-state index contributed by atoms with van der Waals surface area (Å²) in [5.74, 6) is 0.873. The standard InChI is InChI=1S/C23H24BrClN2O3S2/c1-2-30-19-6-3-16(4-7-19)13-18-15-31-23(26-18)27-11-9-20(10-12-27)32(28,29)22-8-5-17(24)14-21(22)25/h3-8,14-15,20H,2,9-13H2,1H3. The summed E-state index contributed by atoms with van der Waals surface area (Å²) in [4.78, 5) is 7.19. The first kappa shape index (κ1) is 23.5. The van der Waals surface area contributed by atoms with Crippen LogP contribution in [0.15, 0.2) is 57.2 Å². The van der Waals surface area contributed by atoms with E-state index in [0.717, 1.165) is 27.5 Å². The first-order chi connectivity index (χ1) is 15.4. The van der Waals surface area contributed by atoms with Crippen molar-refractivity contribution in [3.8, 4) is 5.75 Å². The fourth-order valence-electron chi connectivity index (χ4n) is 3.84. The van der Waals surface area contributed by atoms with Crippen LogP contribution in [0, 0.1) is 0 Å². The van der Waals surface area contributed by atoms with Gasteiger partial charge in [0.2, 0.25) is 0 Å². The lowest BCUT2D eigenvalue weighted by Crippen LogP contribution is -2.39. The quantitative estimate of drug-likeness (QED) is 0.358. The first-order valence-electron chi connectivity index (χ1n) is 10.5. The predicted octanol–water partition coefficient (Wildman–Crippen LogP) is 5.99. The van der Waals surface area contributed by atoms with E-state index in [1.807, 2.05) is 19.1 Å². The van der Waals surface area contributed by atoms with Crippen LogP contribution in [0.3, 0.4) is 0 Å². The molecule has 0 unspecified atom stereocenters. The molecule has 1 aliphatic rings. The van der Waals surface area contributed by atoms with Gasteiger partial charge in [0.1, 0.15) is 5.75 Å². The van der Waals surface area contributed by atoms with E-state index in [2.05, 4.69) is 38.3 Å². The molecule has 0 aliphatic carbocycles. The van der Waals surface area contributed by atoms with Gasteiger partial charge in [0.15, 0.2) is 15.0 Å². The van der Waals surface area contributed by atoms with E-state index in [1.165, 1.54) is 5.56 Å². The van der Waals surface area contributed by atoms with Gasteiger partial charge in [0.05, 0.1) is 27.5 Å². The van der Waals surface area contributed by atoms with Crippen molar-refractivity contribution < 1.29 is 13.2 Å². The lowest BCUT2D eigenvalue weighted by atomic mass is 10.1. The number of piperidine rings is 1. The molecule has 0 spiro atoms. The molecule has 0 radical (unpaired) electrons. The summed E-state index contributed by atoms with van der Waals surface area (Å²) >= 11 is 11.2. The van der Waals surface area contributed by atoms with Crippen LogP contribution in [0.1, 0.15) is 31.0 Å². The third-order valence-electron chi connectivity index (χ3n) is 5.51. The molecule has 170 valence electrons. The van der Waals surface area contributed by atoms with Crippen molar-refractivity contribution in [3.05, 3.63) is 68.6 Å². The zero-order chi connectivity index (χ0) is 22.7. The van der Waals surface area contributed by atoms with E-state index in [0.29, 0.717) is 32.5 Å².